The number of nitrogens with two attached hydrogens (primary N) is 2. The van der Waals surface area contributed by atoms with Crippen LogP contribution >= 0.6 is 0 Å². The molecule has 7 heteroatoms. The third-order valence-corrected chi connectivity index (χ3v) is 5.12. The van der Waals surface area contributed by atoms with Crippen LogP contribution in [-0.2, 0) is 10.0 Å². The zero-order valence-corrected chi connectivity index (χ0v) is 13.1. The molecule has 1 heterocycles. The Morgan fingerprint density at radius 2 is 2.05 bits per heavy atom. The van der Waals surface area contributed by atoms with E-state index in [9.17, 15) is 13.2 Å². The van der Waals surface area contributed by atoms with Gasteiger partial charge < -0.3 is 10.6 Å². The number of likely N-dealkylation sites (tertiary alicyclic amines) is 1. The number of carbonyl (C=O) groups excluding carboxylic acids is 1. The monoisotopic (exact) mass is 311 g/mol. The highest BCUT2D eigenvalue weighted by Crippen LogP contribution is 2.23. The fourth-order valence-corrected chi connectivity index (χ4v) is 3.52. The Balaban J connectivity index is 2.37. The Hall–Kier alpha value is -1.44. The molecule has 2 rings (SSSR count). The maximum Gasteiger partial charge on any atom is 0.253 e. The van der Waals surface area contributed by atoms with Gasteiger partial charge in [-0.1, -0.05) is 0 Å². The number of primary sulfonamides is 1. The van der Waals surface area contributed by atoms with E-state index in [2.05, 4.69) is 0 Å². The lowest BCUT2D eigenvalue weighted by Gasteiger charge is -2.18. The molecule has 0 spiro atoms. The van der Waals surface area contributed by atoms with Gasteiger partial charge in [0.2, 0.25) is 10.0 Å². The first-order valence-corrected chi connectivity index (χ1v) is 8.42. The van der Waals surface area contributed by atoms with E-state index >= 15 is 0 Å². The molecule has 1 saturated heterocycles. The number of carbonyl (C=O) groups is 1. The summed E-state index contributed by atoms with van der Waals surface area (Å²) in [5.74, 6) is 0.150. The summed E-state index contributed by atoms with van der Waals surface area (Å²) in [6.45, 7) is 5.28. The van der Waals surface area contributed by atoms with Gasteiger partial charge in [-0.3, -0.25) is 4.79 Å². The Morgan fingerprint density at radius 3 is 2.57 bits per heavy atom. The highest BCUT2D eigenvalue weighted by atomic mass is 32.2. The average Bonchev–Trinajstić information content (AvgIpc) is 2.88. The van der Waals surface area contributed by atoms with Crippen molar-refractivity contribution in [2.75, 3.05) is 19.6 Å². The molecular weight excluding hydrogens is 290 g/mol. The molecule has 1 aromatic rings. The Bertz CT molecular complexity index is 670. The molecule has 1 unspecified atom stereocenters. The van der Waals surface area contributed by atoms with Gasteiger partial charge >= 0.3 is 0 Å². The highest BCUT2D eigenvalue weighted by molar-refractivity contribution is 7.89. The molecule has 0 aliphatic carbocycles. The summed E-state index contributed by atoms with van der Waals surface area (Å²) in [7, 11) is -3.84. The van der Waals surface area contributed by atoms with Crippen molar-refractivity contribution in [3.05, 3.63) is 28.8 Å². The zero-order chi connectivity index (χ0) is 15.8. The van der Waals surface area contributed by atoms with Crippen LogP contribution in [0.4, 0.5) is 0 Å². The highest BCUT2D eigenvalue weighted by Gasteiger charge is 2.27. The van der Waals surface area contributed by atoms with Gasteiger partial charge in [0, 0.05) is 18.7 Å². The van der Waals surface area contributed by atoms with Crippen LogP contribution in [0.25, 0.3) is 0 Å². The number of sulfonamides is 1. The topological polar surface area (TPSA) is 106 Å². The van der Waals surface area contributed by atoms with E-state index in [0.717, 1.165) is 12.0 Å². The molecule has 0 saturated carbocycles. The second kappa shape index (κ2) is 5.75. The first kappa shape index (κ1) is 15.9. The summed E-state index contributed by atoms with van der Waals surface area (Å²) in [6.07, 6.45) is 0.884. The van der Waals surface area contributed by atoms with Gasteiger partial charge in [0.25, 0.3) is 5.91 Å². The van der Waals surface area contributed by atoms with Gasteiger partial charge in [-0.15, -0.1) is 0 Å². The first-order chi connectivity index (χ1) is 9.74. The predicted octanol–water partition coefficient (Wildman–Crippen LogP) is 0.372. The summed E-state index contributed by atoms with van der Waals surface area (Å²) in [6, 6.07) is 3.08. The van der Waals surface area contributed by atoms with Crippen LogP contribution in [0.2, 0.25) is 0 Å². The molecule has 0 aromatic heterocycles. The smallest absolute Gasteiger partial charge is 0.253 e. The van der Waals surface area contributed by atoms with Crippen LogP contribution in [0.1, 0.15) is 27.9 Å². The second-order valence-electron chi connectivity index (χ2n) is 5.60. The molecule has 1 aromatic carbocycles. The number of nitrogens with zero attached hydrogens (tertiary/aromatic N) is 1. The zero-order valence-electron chi connectivity index (χ0n) is 12.3. The summed E-state index contributed by atoms with van der Waals surface area (Å²) in [4.78, 5) is 14.2. The maximum atomic E-state index is 12.5. The molecule has 1 atom stereocenters. The number of aryl methyl sites for hydroxylation is 1. The third-order valence-electron chi connectivity index (χ3n) is 4.08. The quantitative estimate of drug-likeness (QED) is 0.841. The van der Waals surface area contributed by atoms with Crippen LogP contribution < -0.4 is 10.9 Å². The number of amides is 1. The van der Waals surface area contributed by atoms with Crippen molar-refractivity contribution in [1.29, 1.82) is 0 Å². The molecule has 116 valence electrons. The van der Waals surface area contributed by atoms with Gasteiger partial charge in [0.15, 0.2) is 0 Å². The van der Waals surface area contributed by atoms with E-state index in [0.29, 0.717) is 36.7 Å². The maximum absolute atomic E-state index is 12.5. The molecule has 1 fully saturated rings. The Labute approximate surface area is 125 Å². The fraction of sp³-hybridized carbons (Fsp3) is 0.500. The van der Waals surface area contributed by atoms with Gasteiger partial charge in [0.1, 0.15) is 0 Å². The van der Waals surface area contributed by atoms with Crippen molar-refractivity contribution in [2.24, 2.45) is 16.8 Å². The minimum atomic E-state index is -3.84. The molecule has 1 aliphatic heterocycles. The van der Waals surface area contributed by atoms with Crippen LogP contribution in [-0.4, -0.2) is 38.9 Å². The lowest BCUT2D eigenvalue weighted by Crippen LogP contribution is -2.30. The Kier molecular flexibility index (Phi) is 4.36. The fourth-order valence-electron chi connectivity index (χ4n) is 2.64. The lowest BCUT2D eigenvalue weighted by atomic mass is 10.1. The third kappa shape index (κ3) is 3.25. The van der Waals surface area contributed by atoms with E-state index in [1.165, 1.54) is 6.07 Å². The molecule has 4 N–H and O–H groups in total. The number of hydrogen-bond acceptors (Lipinski definition) is 4. The predicted molar refractivity (Wildman–Crippen MR) is 80.4 cm³/mol. The van der Waals surface area contributed by atoms with Crippen molar-refractivity contribution in [2.45, 2.75) is 25.2 Å². The first-order valence-electron chi connectivity index (χ1n) is 6.87. The van der Waals surface area contributed by atoms with Crippen molar-refractivity contribution in [1.82, 2.24) is 4.90 Å². The molecular formula is C14H21N3O3S. The summed E-state index contributed by atoms with van der Waals surface area (Å²) in [5.41, 5.74) is 7.30. The SMILES string of the molecule is Cc1cc(C(=O)N2CCC(CN)C2)cc(S(N)(=O)=O)c1C. The van der Waals surface area contributed by atoms with Crippen LogP contribution in [0.5, 0.6) is 0 Å². The van der Waals surface area contributed by atoms with Crippen LogP contribution in [0.15, 0.2) is 17.0 Å². The van der Waals surface area contributed by atoms with Crippen molar-refractivity contribution in [3.8, 4) is 0 Å². The van der Waals surface area contributed by atoms with E-state index in [-0.39, 0.29) is 10.8 Å². The van der Waals surface area contributed by atoms with E-state index in [1.54, 1.807) is 24.8 Å². The van der Waals surface area contributed by atoms with Crippen LogP contribution in [0.3, 0.4) is 0 Å². The van der Waals surface area contributed by atoms with E-state index < -0.39 is 10.0 Å². The summed E-state index contributed by atoms with van der Waals surface area (Å²) >= 11 is 0. The van der Waals surface area contributed by atoms with Crippen molar-refractivity contribution in [3.63, 3.8) is 0 Å². The molecule has 0 bridgehead atoms. The van der Waals surface area contributed by atoms with Gasteiger partial charge in [-0.25, -0.2) is 13.6 Å². The average molecular weight is 311 g/mol. The minimum Gasteiger partial charge on any atom is -0.338 e. The van der Waals surface area contributed by atoms with E-state index in [4.69, 9.17) is 10.9 Å². The molecule has 0 radical (unpaired) electrons. The summed E-state index contributed by atoms with van der Waals surface area (Å²) in [5, 5.41) is 5.22. The molecule has 1 amide bonds. The van der Waals surface area contributed by atoms with Gasteiger partial charge in [0.05, 0.1) is 4.90 Å². The second-order valence-corrected chi connectivity index (χ2v) is 7.13. The van der Waals surface area contributed by atoms with E-state index in [1.807, 2.05) is 0 Å². The standard InChI is InChI=1S/C14H21N3O3S/c1-9-5-12(6-13(10(9)2)21(16,19)20)14(18)17-4-3-11(7-15)8-17/h5-6,11H,3-4,7-8,15H2,1-2H3,(H2,16,19,20). The minimum absolute atomic E-state index is 0.0143. The summed E-state index contributed by atoms with van der Waals surface area (Å²) < 4.78 is 23.3. The van der Waals surface area contributed by atoms with Crippen LogP contribution in [0, 0.1) is 19.8 Å². The van der Waals surface area contributed by atoms with Crippen molar-refractivity contribution >= 4 is 15.9 Å². The van der Waals surface area contributed by atoms with Gasteiger partial charge in [-0.2, -0.15) is 0 Å². The van der Waals surface area contributed by atoms with Gasteiger partial charge in [-0.05, 0) is 56.0 Å². The Morgan fingerprint density at radius 1 is 1.38 bits per heavy atom. The molecule has 1 aliphatic rings. The number of hydrogen-bond donors (Lipinski definition) is 2. The molecule has 21 heavy (non-hydrogen) atoms. The van der Waals surface area contributed by atoms with Crippen molar-refractivity contribution < 1.29 is 13.2 Å². The number of benzene rings is 1. The number of rotatable bonds is 3. The lowest BCUT2D eigenvalue weighted by molar-refractivity contribution is 0.0787. The molecule has 6 nitrogen and oxygen atoms in total. The normalized spacial score (nSPS) is 19.0. The largest absolute Gasteiger partial charge is 0.338 e.